The maximum absolute atomic E-state index is 12.2. The summed E-state index contributed by atoms with van der Waals surface area (Å²) >= 11 is 0. The van der Waals surface area contributed by atoms with Crippen molar-refractivity contribution in [2.75, 3.05) is 5.32 Å². The van der Waals surface area contributed by atoms with Gasteiger partial charge in [0, 0.05) is 36.1 Å². The Morgan fingerprint density at radius 1 is 1.04 bits per heavy atom. The molecule has 130 valence electrons. The third kappa shape index (κ3) is 4.89. The van der Waals surface area contributed by atoms with Crippen molar-refractivity contribution in [1.82, 2.24) is 10.3 Å². The normalized spacial score (nSPS) is 14.7. The van der Waals surface area contributed by atoms with Gasteiger partial charge < -0.3 is 10.6 Å². The molecule has 5 heteroatoms. The molecule has 25 heavy (non-hydrogen) atoms. The predicted octanol–water partition coefficient (Wildman–Crippen LogP) is 3.53. The third-order valence-corrected chi connectivity index (χ3v) is 4.57. The highest BCUT2D eigenvalue weighted by molar-refractivity contribution is 5.96. The van der Waals surface area contributed by atoms with Crippen molar-refractivity contribution in [2.45, 2.75) is 38.6 Å². The van der Waals surface area contributed by atoms with E-state index in [1.54, 1.807) is 36.7 Å². The third-order valence-electron chi connectivity index (χ3n) is 4.57. The van der Waals surface area contributed by atoms with E-state index >= 15 is 0 Å². The van der Waals surface area contributed by atoms with E-state index in [1.807, 2.05) is 12.1 Å². The molecule has 1 heterocycles. The van der Waals surface area contributed by atoms with Crippen LogP contribution in [0.25, 0.3) is 0 Å². The summed E-state index contributed by atoms with van der Waals surface area (Å²) in [6.07, 6.45) is 8.87. The summed E-state index contributed by atoms with van der Waals surface area (Å²) in [4.78, 5) is 28.5. The SMILES string of the molecule is O=C(NCc1cccnc1)c1ccc(NC(=O)C2CCCCC2)cc1. The summed E-state index contributed by atoms with van der Waals surface area (Å²) in [5, 5.41) is 5.82. The van der Waals surface area contributed by atoms with Gasteiger partial charge in [0.15, 0.2) is 0 Å². The molecule has 2 amide bonds. The zero-order chi connectivity index (χ0) is 17.5. The van der Waals surface area contributed by atoms with Crippen LogP contribution >= 0.6 is 0 Å². The first-order chi connectivity index (χ1) is 12.2. The number of hydrogen-bond donors (Lipinski definition) is 2. The maximum Gasteiger partial charge on any atom is 0.251 e. The van der Waals surface area contributed by atoms with Crippen molar-refractivity contribution in [3.05, 3.63) is 59.9 Å². The van der Waals surface area contributed by atoms with Gasteiger partial charge in [-0.15, -0.1) is 0 Å². The van der Waals surface area contributed by atoms with E-state index in [9.17, 15) is 9.59 Å². The summed E-state index contributed by atoms with van der Waals surface area (Å²) < 4.78 is 0. The van der Waals surface area contributed by atoms with Gasteiger partial charge in [-0.2, -0.15) is 0 Å². The Morgan fingerprint density at radius 2 is 1.80 bits per heavy atom. The molecule has 1 fully saturated rings. The van der Waals surface area contributed by atoms with Gasteiger partial charge in [-0.3, -0.25) is 14.6 Å². The molecule has 0 atom stereocenters. The van der Waals surface area contributed by atoms with Gasteiger partial charge in [-0.05, 0) is 48.7 Å². The molecule has 0 saturated heterocycles. The van der Waals surface area contributed by atoms with E-state index in [2.05, 4.69) is 15.6 Å². The number of nitrogens with zero attached hydrogens (tertiary/aromatic N) is 1. The zero-order valence-corrected chi connectivity index (χ0v) is 14.2. The number of nitrogens with one attached hydrogen (secondary N) is 2. The molecule has 0 radical (unpaired) electrons. The molecular weight excluding hydrogens is 314 g/mol. The molecule has 2 N–H and O–H groups in total. The van der Waals surface area contributed by atoms with Gasteiger partial charge in [0.25, 0.3) is 5.91 Å². The van der Waals surface area contributed by atoms with E-state index in [0.29, 0.717) is 12.1 Å². The number of carbonyl (C=O) groups excluding carboxylic acids is 2. The molecule has 1 aliphatic rings. The largest absolute Gasteiger partial charge is 0.348 e. The van der Waals surface area contributed by atoms with Gasteiger partial charge in [0.2, 0.25) is 5.91 Å². The van der Waals surface area contributed by atoms with Crippen molar-refractivity contribution in [1.29, 1.82) is 0 Å². The highest BCUT2D eigenvalue weighted by Crippen LogP contribution is 2.25. The van der Waals surface area contributed by atoms with Gasteiger partial charge >= 0.3 is 0 Å². The van der Waals surface area contributed by atoms with Crippen molar-refractivity contribution in [3.8, 4) is 0 Å². The zero-order valence-electron chi connectivity index (χ0n) is 14.2. The van der Waals surface area contributed by atoms with E-state index in [0.717, 1.165) is 36.9 Å². The number of benzene rings is 1. The Kier molecular flexibility index (Phi) is 5.77. The van der Waals surface area contributed by atoms with Crippen LogP contribution < -0.4 is 10.6 Å². The molecule has 5 nitrogen and oxygen atoms in total. The van der Waals surface area contributed by atoms with Crippen molar-refractivity contribution in [3.63, 3.8) is 0 Å². The second-order valence-electron chi connectivity index (χ2n) is 6.45. The molecule has 1 aromatic heterocycles. The number of carbonyl (C=O) groups is 2. The Balaban J connectivity index is 1.52. The van der Waals surface area contributed by atoms with Crippen LogP contribution in [0.3, 0.4) is 0 Å². The Morgan fingerprint density at radius 3 is 2.48 bits per heavy atom. The molecule has 3 rings (SSSR count). The first-order valence-electron chi connectivity index (χ1n) is 8.80. The average Bonchev–Trinajstić information content (AvgIpc) is 2.68. The molecule has 0 unspecified atom stereocenters. The van der Waals surface area contributed by atoms with Gasteiger partial charge in [-0.25, -0.2) is 0 Å². The average molecular weight is 337 g/mol. The summed E-state index contributed by atoms with van der Waals surface area (Å²) in [5.41, 5.74) is 2.26. The molecule has 2 aromatic rings. The molecule has 0 bridgehead atoms. The lowest BCUT2D eigenvalue weighted by Crippen LogP contribution is -2.25. The van der Waals surface area contributed by atoms with Crippen LogP contribution in [0, 0.1) is 5.92 Å². The second-order valence-corrected chi connectivity index (χ2v) is 6.45. The molecule has 1 saturated carbocycles. The van der Waals surface area contributed by atoms with Crippen LogP contribution in [0.5, 0.6) is 0 Å². The Hall–Kier alpha value is -2.69. The minimum absolute atomic E-state index is 0.0912. The predicted molar refractivity (Wildman–Crippen MR) is 97.1 cm³/mol. The first-order valence-corrected chi connectivity index (χ1v) is 8.80. The Bertz CT molecular complexity index is 707. The number of rotatable bonds is 5. The minimum Gasteiger partial charge on any atom is -0.348 e. The van der Waals surface area contributed by atoms with Crippen LogP contribution in [0.4, 0.5) is 5.69 Å². The molecule has 0 aliphatic heterocycles. The number of hydrogen-bond acceptors (Lipinski definition) is 3. The summed E-state index contributed by atoms with van der Waals surface area (Å²) in [5.74, 6) is 0.0682. The van der Waals surface area contributed by atoms with Crippen LogP contribution in [0.1, 0.15) is 48.0 Å². The molecule has 0 spiro atoms. The van der Waals surface area contributed by atoms with Crippen LogP contribution in [0.15, 0.2) is 48.8 Å². The first kappa shape index (κ1) is 17.1. The quantitative estimate of drug-likeness (QED) is 0.877. The molecule has 1 aliphatic carbocycles. The number of anilines is 1. The number of pyridine rings is 1. The standard InChI is InChI=1S/C20H23N3O2/c24-19(22-14-15-5-4-12-21-13-15)17-8-10-18(11-9-17)23-20(25)16-6-2-1-3-7-16/h4-5,8-13,16H,1-3,6-7,14H2,(H,22,24)(H,23,25). The van der Waals surface area contributed by atoms with E-state index in [-0.39, 0.29) is 17.7 Å². The van der Waals surface area contributed by atoms with E-state index in [4.69, 9.17) is 0 Å². The molecular formula is C20H23N3O2. The monoisotopic (exact) mass is 337 g/mol. The van der Waals surface area contributed by atoms with Crippen LogP contribution in [0.2, 0.25) is 0 Å². The lowest BCUT2D eigenvalue weighted by molar-refractivity contribution is -0.120. The highest BCUT2D eigenvalue weighted by Gasteiger charge is 2.21. The van der Waals surface area contributed by atoms with E-state index in [1.165, 1.54) is 6.42 Å². The summed E-state index contributed by atoms with van der Waals surface area (Å²) in [6.45, 7) is 0.437. The van der Waals surface area contributed by atoms with Crippen molar-refractivity contribution >= 4 is 17.5 Å². The fraction of sp³-hybridized carbons (Fsp3) is 0.350. The van der Waals surface area contributed by atoms with Crippen molar-refractivity contribution in [2.24, 2.45) is 5.92 Å². The minimum atomic E-state index is -0.144. The summed E-state index contributed by atoms with van der Waals surface area (Å²) in [6, 6.07) is 10.8. The lowest BCUT2D eigenvalue weighted by Gasteiger charge is -2.20. The van der Waals surface area contributed by atoms with Gasteiger partial charge in [0.05, 0.1) is 0 Å². The highest BCUT2D eigenvalue weighted by atomic mass is 16.2. The number of aromatic nitrogens is 1. The smallest absolute Gasteiger partial charge is 0.251 e. The Labute approximate surface area is 147 Å². The fourth-order valence-electron chi connectivity index (χ4n) is 3.10. The van der Waals surface area contributed by atoms with Crippen LogP contribution in [-0.2, 0) is 11.3 Å². The van der Waals surface area contributed by atoms with Gasteiger partial charge in [0.1, 0.15) is 0 Å². The maximum atomic E-state index is 12.2. The fourth-order valence-corrected chi connectivity index (χ4v) is 3.10. The lowest BCUT2D eigenvalue weighted by atomic mass is 9.88. The van der Waals surface area contributed by atoms with E-state index < -0.39 is 0 Å². The molecule has 1 aromatic carbocycles. The second kappa shape index (κ2) is 8.42. The topological polar surface area (TPSA) is 71.1 Å². The van der Waals surface area contributed by atoms with Gasteiger partial charge in [-0.1, -0.05) is 25.3 Å². The van der Waals surface area contributed by atoms with Crippen LogP contribution in [-0.4, -0.2) is 16.8 Å². The number of amides is 2. The van der Waals surface area contributed by atoms with Crippen molar-refractivity contribution < 1.29 is 9.59 Å². The summed E-state index contributed by atoms with van der Waals surface area (Å²) in [7, 11) is 0.